The second kappa shape index (κ2) is 5.41. The fraction of sp³-hybridized carbons (Fsp3) is 0. The van der Waals surface area contributed by atoms with Crippen LogP contribution in [-0.4, -0.2) is 5.97 Å². The molecule has 0 aliphatic rings. The van der Waals surface area contributed by atoms with Crippen LogP contribution in [-0.2, 0) is 0 Å². The van der Waals surface area contributed by atoms with Gasteiger partial charge in [-0.1, -0.05) is 12.1 Å². The van der Waals surface area contributed by atoms with Gasteiger partial charge < -0.3 is 9.90 Å². The molecule has 0 bridgehead atoms. The molecule has 62 valence electrons. The van der Waals surface area contributed by atoms with E-state index >= 15 is 0 Å². The summed E-state index contributed by atoms with van der Waals surface area (Å²) in [5, 5.41) is 27.6. The minimum Gasteiger partial charge on any atom is -0.545 e. The molecule has 0 amide bonds. The maximum atomic E-state index is 10.5. The molecule has 0 heterocycles. The summed E-state index contributed by atoms with van der Waals surface area (Å²) in [6, 6.07) is 7.39. The fourth-order valence-corrected chi connectivity index (χ4v) is 0.936. The van der Waals surface area contributed by atoms with Gasteiger partial charge in [-0.3, -0.25) is 0 Å². The van der Waals surface area contributed by atoms with Gasteiger partial charge in [0.25, 0.3) is 0 Å². The van der Waals surface area contributed by atoms with E-state index in [9.17, 15) is 9.90 Å². The van der Waals surface area contributed by atoms with Crippen LogP contribution in [0.3, 0.4) is 0 Å². The minimum absolute atomic E-state index is 0. The Kier molecular flexibility index (Phi) is 4.90. The fourth-order valence-electron chi connectivity index (χ4n) is 0.936. The summed E-state index contributed by atoms with van der Waals surface area (Å²) in [6.07, 6.45) is 0. The Morgan fingerprint density at radius 1 is 1.29 bits per heavy atom. The average Bonchev–Trinajstić information content (AvgIpc) is 2.16. The zero-order valence-electron chi connectivity index (χ0n) is 7.44. The van der Waals surface area contributed by atoms with Crippen molar-refractivity contribution < 1.29 is 39.5 Å². The molecule has 0 saturated carbocycles. The van der Waals surface area contributed by atoms with Crippen molar-refractivity contribution >= 4 is 5.97 Å². The minimum atomic E-state index is -1.45. The molecule has 0 unspecified atom stereocenters. The van der Waals surface area contributed by atoms with E-state index in [0.29, 0.717) is 0 Å². The molecule has 0 atom stereocenters. The number of nitriles is 2. The van der Waals surface area contributed by atoms with Crippen LogP contribution in [0.4, 0.5) is 0 Å². The molecular weight excluding hydrogens is 191 g/mol. The van der Waals surface area contributed by atoms with Crippen LogP contribution in [0.15, 0.2) is 18.2 Å². The summed E-state index contributed by atoms with van der Waals surface area (Å²) in [7, 11) is 0. The molecule has 0 aromatic heterocycles. The van der Waals surface area contributed by atoms with Gasteiger partial charge in [0, 0.05) is 5.56 Å². The zero-order valence-corrected chi connectivity index (χ0v) is 9.44. The van der Waals surface area contributed by atoms with E-state index in [-0.39, 0.29) is 46.2 Å². The Labute approximate surface area is 103 Å². The van der Waals surface area contributed by atoms with Gasteiger partial charge in [-0.25, -0.2) is 0 Å². The van der Waals surface area contributed by atoms with Crippen molar-refractivity contribution in [3.05, 3.63) is 34.9 Å². The predicted molar refractivity (Wildman–Crippen MR) is 40.2 cm³/mol. The summed E-state index contributed by atoms with van der Waals surface area (Å²) in [5.41, 5.74) is -0.351. The third-order valence-electron chi connectivity index (χ3n) is 1.52. The van der Waals surface area contributed by atoms with E-state index in [1.807, 2.05) is 0 Å². The standard InChI is InChI=1S/C9H4N2O2.Na/c10-4-6-2-1-3-7(9(12)13)8(6)5-11;/h1-3H,(H,12,13);/q;+1/p-1. The van der Waals surface area contributed by atoms with Crippen LogP contribution in [0.25, 0.3) is 0 Å². The van der Waals surface area contributed by atoms with Gasteiger partial charge in [0.15, 0.2) is 0 Å². The smallest absolute Gasteiger partial charge is 0.545 e. The summed E-state index contributed by atoms with van der Waals surface area (Å²) < 4.78 is 0. The van der Waals surface area contributed by atoms with Crippen LogP contribution >= 0.6 is 0 Å². The third-order valence-corrected chi connectivity index (χ3v) is 1.52. The third kappa shape index (κ3) is 2.34. The number of carboxylic acids is 1. The molecular formula is C9H3N2NaO2. The molecule has 5 heteroatoms. The first-order valence-electron chi connectivity index (χ1n) is 3.35. The molecule has 1 rings (SSSR count). The van der Waals surface area contributed by atoms with Gasteiger partial charge >= 0.3 is 29.6 Å². The molecule has 0 spiro atoms. The van der Waals surface area contributed by atoms with Gasteiger partial charge in [-0.05, 0) is 6.07 Å². The van der Waals surface area contributed by atoms with Gasteiger partial charge in [0.2, 0.25) is 0 Å². The Hall–Kier alpha value is -1.33. The SMILES string of the molecule is N#Cc1cccc(C(=O)[O-])c1C#N.[Na+]. The Morgan fingerprint density at radius 2 is 1.93 bits per heavy atom. The van der Waals surface area contributed by atoms with Crippen molar-refractivity contribution in [2.45, 2.75) is 0 Å². The molecule has 0 radical (unpaired) electrons. The summed E-state index contributed by atoms with van der Waals surface area (Å²) in [6.45, 7) is 0. The number of hydrogen-bond acceptors (Lipinski definition) is 4. The first-order chi connectivity index (χ1) is 6.20. The molecule has 1 aromatic rings. The summed E-state index contributed by atoms with van der Waals surface area (Å²) in [5.74, 6) is -1.45. The number of carbonyl (C=O) groups is 1. The first kappa shape index (κ1) is 12.7. The van der Waals surface area contributed by atoms with E-state index in [1.54, 1.807) is 12.1 Å². The van der Waals surface area contributed by atoms with Crippen LogP contribution in [0.1, 0.15) is 21.5 Å². The van der Waals surface area contributed by atoms with Gasteiger partial charge in [0.05, 0.1) is 17.1 Å². The molecule has 0 saturated heterocycles. The van der Waals surface area contributed by atoms with Crippen molar-refractivity contribution in [2.24, 2.45) is 0 Å². The van der Waals surface area contributed by atoms with Crippen molar-refractivity contribution in [1.29, 1.82) is 10.5 Å². The van der Waals surface area contributed by atoms with Crippen LogP contribution < -0.4 is 34.7 Å². The maximum absolute atomic E-state index is 10.5. The monoisotopic (exact) mass is 194 g/mol. The number of nitrogens with zero attached hydrogens (tertiary/aromatic N) is 2. The number of carbonyl (C=O) groups excluding carboxylic acids is 1. The second-order valence-electron chi connectivity index (χ2n) is 2.24. The van der Waals surface area contributed by atoms with Crippen LogP contribution in [0.5, 0.6) is 0 Å². The van der Waals surface area contributed by atoms with Crippen molar-refractivity contribution in [1.82, 2.24) is 0 Å². The van der Waals surface area contributed by atoms with E-state index in [2.05, 4.69) is 0 Å². The Morgan fingerprint density at radius 3 is 2.36 bits per heavy atom. The average molecular weight is 194 g/mol. The number of hydrogen-bond donors (Lipinski definition) is 0. The predicted octanol–water partition coefficient (Wildman–Crippen LogP) is -3.20. The summed E-state index contributed by atoms with van der Waals surface area (Å²) >= 11 is 0. The quantitative estimate of drug-likeness (QED) is 0.440. The molecule has 4 nitrogen and oxygen atoms in total. The molecule has 0 N–H and O–H groups in total. The molecule has 0 aliphatic carbocycles. The Bertz CT molecular complexity index is 443. The zero-order chi connectivity index (χ0) is 9.84. The topological polar surface area (TPSA) is 87.7 Å². The number of benzene rings is 1. The number of carboxylic acid groups (broad SMARTS) is 1. The van der Waals surface area contributed by atoms with Crippen molar-refractivity contribution in [2.75, 3.05) is 0 Å². The van der Waals surface area contributed by atoms with Crippen LogP contribution in [0.2, 0.25) is 0 Å². The molecule has 14 heavy (non-hydrogen) atoms. The van der Waals surface area contributed by atoms with E-state index < -0.39 is 5.97 Å². The van der Waals surface area contributed by atoms with Crippen LogP contribution in [0, 0.1) is 22.7 Å². The first-order valence-corrected chi connectivity index (χ1v) is 3.35. The van der Waals surface area contributed by atoms with E-state index in [0.717, 1.165) is 0 Å². The van der Waals surface area contributed by atoms with Gasteiger partial charge in [-0.15, -0.1) is 0 Å². The molecule has 0 aliphatic heterocycles. The second-order valence-corrected chi connectivity index (χ2v) is 2.24. The van der Waals surface area contributed by atoms with Gasteiger partial charge in [-0.2, -0.15) is 10.5 Å². The molecule has 1 aromatic carbocycles. The van der Waals surface area contributed by atoms with Gasteiger partial charge in [0.1, 0.15) is 12.1 Å². The van der Waals surface area contributed by atoms with Crippen molar-refractivity contribution in [3.63, 3.8) is 0 Å². The van der Waals surface area contributed by atoms with E-state index in [4.69, 9.17) is 10.5 Å². The Balaban J connectivity index is 0.00000169. The largest absolute Gasteiger partial charge is 1.00 e. The normalized spacial score (nSPS) is 7.86. The summed E-state index contributed by atoms with van der Waals surface area (Å²) in [4.78, 5) is 10.5. The van der Waals surface area contributed by atoms with E-state index in [1.165, 1.54) is 18.2 Å². The van der Waals surface area contributed by atoms with Crippen molar-refractivity contribution in [3.8, 4) is 12.1 Å². The molecule has 0 fully saturated rings. The maximum Gasteiger partial charge on any atom is 1.00 e. The number of rotatable bonds is 1. The number of aromatic carboxylic acids is 1.